The van der Waals surface area contributed by atoms with Crippen LogP contribution in [0.1, 0.15) is 12.8 Å². The van der Waals surface area contributed by atoms with Crippen molar-refractivity contribution in [2.24, 2.45) is 0 Å². The van der Waals surface area contributed by atoms with Gasteiger partial charge in [0.1, 0.15) is 0 Å². The first kappa shape index (κ1) is 8.17. The topological polar surface area (TPSA) is 24.1 Å². The van der Waals surface area contributed by atoms with Gasteiger partial charge >= 0.3 is 0 Å². The van der Waals surface area contributed by atoms with Gasteiger partial charge in [-0.15, -0.1) is 23.4 Å². The number of nitrogens with one attached hydrogen (secondary N) is 2. The molecule has 2 fully saturated rings. The lowest BCUT2D eigenvalue weighted by Crippen LogP contribution is -2.33. The van der Waals surface area contributed by atoms with Crippen LogP contribution in [0.25, 0.3) is 0 Å². The van der Waals surface area contributed by atoms with Gasteiger partial charge < -0.3 is 5.32 Å². The van der Waals surface area contributed by atoms with E-state index in [0.29, 0.717) is 10.8 Å². The molecule has 0 amide bonds. The Labute approximate surface area is 76.4 Å². The Kier molecular flexibility index (Phi) is 2.61. The largest absolute Gasteiger partial charge is 0.303 e. The highest BCUT2D eigenvalue weighted by Gasteiger charge is 2.31. The molecule has 11 heavy (non-hydrogen) atoms. The summed E-state index contributed by atoms with van der Waals surface area (Å²) in [4.78, 5) is 0. The fourth-order valence-corrected chi connectivity index (χ4v) is 3.51. The summed E-state index contributed by atoms with van der Waals surface area (Å²) >= 11 is 7.93. The number of thioether (sulfide) groups is 1. The maximum absolute atomic E-state index is 6.00. The van der Waals surface area contributed by atoms with Gasteiger partial charge in [-0.05, 0) is 12.8 Å². The van der Waals surface area contributed by atoms with E-state index in [2.05, 4.69) is 10.6 Å². The van der Waals surface area contributed by atoms with Crippen LogP contribution >= 0.6 is 23.4 Å². The van der Waals surface area contributed by atoms with Crippen LogP contribution in [0.5, 0.6) is 0 Å². The van der Waals surface area contributed by atoms with Gasteiger partial charge in [-0.3, -0.25) is 5.32 Å². The summed E-state index contributed by atoms with van der Waals surface area (Å²) < 4.78 is 0.363. The van der Waals surface area contributed by atoms with Crippen molar-refractivity contribution < 1.29 is 0 Å². The molecule has 3 atom stereocenters. The summed E-state index contributed by atoms with van der Waals surface area (Å²) in [6.07, 6.45) is 2.45. The van der Waals surface area contributed by atoms with E-state index in [-0.39, 0.29) is 0 Å². The van der Waals surface area contributed by atoms with E-state index in [4.69, 9.17) is 11.6 Å². The molecule has 64 valence electrons. The molecule has 0 bridgehead atoms. The van der Waals surface area contributed by atoms with E-state index in [0.717, 1.165) is 18.5 Å². The number of hydrogen-bond donors (Lipinski definition) is 2. The third-order valence-electron chi connectivity index (χ3n) is 2.30. The van der Waals surface area contributed by atoms with Crippen LogP contribution in [0.15, 0.2) is 0 Å². The van der Waals surface area contributed by atoms with E-state index in [1.54, 1.807) is 0 Å². The predicted molar refractivity (Wildman–Crippen MR) is 50.0 cm³/mol. The lowest BCUT2D eigenvalue weighted by Gasteiger charge is -2.16. The van der Waals surface area contributed by atoms with Crippen LogP contribution in [0.2, 0.25) is 0 Å². The fraction of sp³-hybridized carbons (Fsp3) is 1.00. The average Bonchev–Trinajstić information content (AvgIpc) is 2.55. The molecular weight excluding hydrogens is 180 g/mol. The maximum atomic E-state index is 6.00. The molecule has 3 unspecified atom stereocenters. The maximum Gasteiger partial charge on any atom is 0.0792 e. The summed E-state index contributed by atoms with van der Waals surface area (Å²) in [6.45, 7) is 2.08. The predicted octanol–water partition coefficient (Wildman–Crippen LogP) is 0.966. The zero-order chi connectivity index (χ0) is 7.68. The van der Waals surface area contributed by atoms with E-state index < -0.39 is 0 Å². The highest BCUT2D eigenvalue weighted by molar-refractivity contribution is 8.01. The minimum absolute atomic E-state index is 0.363. The van der Waals surface area contributed by atoms with Gasteiger partial charge in [0.05, 0.1) is 4.71 Å². The first-order valence-corrected chi connectivity index (χ1v) is 5.48. The molecule has 2 aliphatic heterocycles. The molecule has 4 heteroatoms. The number of hydrogen-bond acceptors (Lipinski definition) is 3. The average molecular weight is 193 g/mol. The molecule has 2 heterocycles. The summed E-state index contributed by atoms with van der Waals surface area (Å²) in [5, 5.41) is 7.47. The fourth-order valence-electron chi connectivity index (χ4n) is 1.68. The molecule has 0 aromatic carbocycles. The van der Waals surface area contributed by atoms with Crippen LogP contribution in [0.3, 0.4) is 0 Å². The smallest absolute Gasteiger partial charge is 0.0792 e. The van der Waals surface area contributed by atoms with E-state index in [9.17, 15) is 0 Å². The van der Waals surface area contributed by atoms with Gasteiger partial charge in [0.2, 0.25) is 0 Å². The monoisotopic (exact) mass is 192 g/mol. The number of rotatable bonds is 1. The van der Waals surface area contributed by atoms with E-state index >= 15 is 0 Å². The number of halogens is 1. The van der Waals surface area contributed by atoms with Crippen molar-refractivity contribution in [3.05, 3.63) is 0 Å². The Morgan fingerprint density at radius 1 is 1.36 bits per heavy atom. The van der Waals surface area contributed by atoms with Gasteiger partial charge in [-0.2, -0.15) is 0 Å². The van der Waals surface area contributed by atoms with Crippen LogP contribution in [0, 0.1) is 0 Å². The minimum atomic E-state index is 0.363. The van der Waals surface area contributed by atoms with E-state index in [1.165, 1.54) is 12.8 Å². The van der Waals surface area contributed by atoms with Crippen molar-refractivity contribution in [2.45, 2.75) is 28.8 Å². The minimum Gasteiger partial charge on any atom is -0.303 e. The molecule has 0 aromatic rings. The summed E-state index contributed by atoms with van der Waals surface area (Å²) in [7, 11) is 0. The first-order chi connectivity index (χ1) is 5.36. The molecule has 0 aromatic heterocycles. The second-order valence-corrected chi connectivity index (χ2v) is 5.34. The molecule has 0 radical (unpaired) electrons. The van der Waals surface area contributed by atoms with Gasteiger partial charge in [-0.25, -0.2) is 0 Å². The zero-order valence-corrected chi connectivity index (χ0v) is 7.92. The van der Waals surface area contributed by atoms with Crippen molar-refractivity contribution in [3.63, 3.8) is 0 Å². The Bertz CT molecular complexity index is 138. The van der Waals surface area contributed by atoms with Crippen LogP contribution in [-0.2, 0) is 0 Å². The van der Waals surface area contributed by atoms with Gasteiger partial charge in [0.25, 0.3) is 0 Å². The third kappa shape index (κ3) is 1.83. The van der Waals surface area contributed by atoms with Crippen LogP contribution in [-0.4, -0.2) is 29.2 Å². The summed E-state index contributed by atoms with van der Waals surface area (Å²) in [5.74, 6) is 0. The van der Waals surface area contributed by atoms with E-state index in [1.807, 2.05) is 11.8 Å². The quantitative estimate of drug-likeness (QED) is 0.606. The van der Waals surface area contributed by atoms with Crippen molar-refractivity contribution in [1.82, 2.24) is 10.6 Å². The van der Waals surface area contributed by atoms with Crippen molar-refractivity contribution in [3.8, 4) is 0 Å². The SMILES string of the molecule is ClC1CCC(C2CNCN2)S1. The molecule has 0 spiro atoms. The van der Waals surface area contributed by atoms with Crippen molar-refractivity contribution in [2.75, 3.05) is 13.2 Å². The Morgan fingerprint density at radius 2 is 2.27 bits per heavy atom. The Morgan fingerprint density at radius 3 is 2.82 bits per heavy atom. The van der Waals surface area contributed by atoms with Crippen LogP contribution < -0.4 is 10.6 Å². The summed E-state index contributed by atoms with van der Waals surface area (Å²) in [6, 6.07) is 0.656. The van der Waals surface area contributed by atoms with Gasteiger partial charge in [0, 0.05) is 24.5 Å². The molecule has 2 saturated heterocycles. The molecule has 2 rings (SSSR count). The van der Waals surface area contributed by atoms with Crippen LogP contribution in [0.4, 0.5) is 0 Å². The lowest BCUT2D eigenvalue weighted by atomic mass is 10.1. The number of alkyl halides is 1. The first-order valence-electron chi connectivity index (χ1n) is 4.10. The highest BCUT2D eigenvalue weighted by Crippen LogP contribution is 2.37. The molecule has 0 aliphatic carbocycles. The lowest BCUT2D eigenvalue weighted by molar-refractivity contribution is 0.581. The normalized spacial score (nSPS) is 45.0. The Balaban J connectivity index is 1.85. The molecule has 2 aliphatic rings. The summed E-state index contributed by atoms with van der Waals surface area (Å²) in [5.41, 5.74) is 0. The van der Waals surface area contributed by atoms with Crippen molar-refractivity contribution in [1.29, 1.82) is 0 Å². The molecule has 2 nitrogen and oxygen atoms in total. The second kappa shape index (κ2) is 3.52. The van der Waals surface area contributed by atoms with Gasteiger partial charge in [-0.1, -0.05) is 0 Å². The standard InChI is InChI=1S/C7H13ClN2S/c8-7-2-1-6(11-7)5-3-9-4-10-5/h5-7,9-10H,1-4H2. The Hall–Kier alpha value is 0.560. The van der Waals surface area contributed by atoms with Gasteiger partial charge in [0.15, 0.2) is 0 Å². The third-order valence-corrected chi connectivity index (χ3v) is 4.27. The second-order valence-electron chi connectivity index (χ2n) is 3.10. The molecular formula is C7H13ClN2S. The van der Waals surface area contributed by atoms with Crippen molar-refractivity contribution >= 4 is 23.4 Å². The molecule has 0 saturated carbocycles. The zero-order valence-electron chi connectivity index (χ0n) is 6.35. The highest BCUT2D eigenvalue weighted by atomic mass is 35.5. The molecule has 2 N–H and O–H groups in total.